The second kappa shape index (κ2) is 7.36. The van der Waals surface area contributed by atoms with Crippen LogP contribution in [-0.2, 0) is 13.0 Å². The number of aliphatic imine (C=N–C) groups is 1. The van der Waals surface area contributed by atoms with E-state index in [4.69, 9.17) is 4.74 Å². The molecule has 0 atom stereocenters. The maximum Gasteiger partial charge on any atom is 0.211 e. The molecule has 0 N–H and O–H groups in total. The smallest absolute Gasteiger partial charge is 0.211 e. The van der Waals surface area contributed by atoms with Crippen LogP contribution in [0.4, 0.5) is 0 Å². The summed E-state index contributed by atoms with van der Waals surface area (Å²) in [5, 5.41) is 0. The number of carbonyl (C=O) groups is 1. The van der Waals surface area contributed by atoms with E-state index >= 15 is 0 Å². The Morgan fingerprint density at radius 3 is 2.42 bits per heavy atom. The van der Waals surface area contributed by atoms with E-state index in [-0.39, 0.29) is 5.78 Å². The molecular formula is C23H19NO2. The highest BCUT2D eigenvalue weighted by Gasteiger charge is 2.22. The Bertz CT molecular complexity index is 946. The van der Waals surface area contributed by atoms with Crippen molar-refractivity contribution in [2.45, 2.75) is 13.0 Å². The largest absolute Gasteiger partial charge is 0.489 e. The second-order valence-electron chi connectivity index (χ2n) is 6.27. The predicted octanol–water partition coefficient (Wildman–Crippen LogP) is 4.49. The van der Waals surface area contributed by atoms with E-state index < -0.39 is 0 Å². The fourth-order valence-electron chi connectivity index (χ4n) is 3.13. The van der Waals surface area contributed by atoms with Gasteiger partial charge in [0.15, 0.2) is 0 Å². The number of ketones is 1. The van der Waals surface area contributed by atoms with Gasteiger partial charge in [0.05, 0.1) is 0 Å². The summed E-state index contributed by atoms with van der Waals surface area (Å²) in [4.78, 5) is 17.3. The Morgan fingerprint density at radius 1 is 0.923 bits per heavy atom. The van der Waals surface area contributed by atoms with Crippen LogP contribution in [-0.4, -0.2) is 18.0 Å². The highest BCUT2D eigenvalue weighted by molar-refractivity contribution is 6.51. The first kappa shape index (κ1) is 16.3. The molecule has 0 radical (unpaired) electrons. The summed E-state index contributed by atoms with van der Waals surface area (Å²) in [6, 6.07) is 25.3. The Balaban J connectivity index is 1.55. The number of hydrogen-bond acceptors (Lipinski definition) is 3. The summed E-state index contributed by atoms with van der Waals surface area (Å²) in [6.07, 6.45) is 0.823. The fourth-order valence-corrected chi connectivity index (χ4v) is 3.13. The Labute approximate surface area is 153 Å². The van der Waals surface area contributed by atoms with Gasteiger partial charge >= 0.3 is 0 Å². The number of fused-ring (bicyclic) bond motifs is 1. The Kier molecular flexibility index (Phi) is 4.61. The van der Waals surface area contributed by atoms with Crippen molar-refractivity contribution in [1.82, 2.24) is 0 Å². The van der Waals surface area contributed by atoms with E-state index in [1.807, 2.05) is 78.9 Å². The molecule has 3 aromatic rings. The van der Waals surface area contributed by atoms with Gasteiger partial charge in [-0.2, -0.15) is 0 Å². The summed E-state index contributed by atoms with van der Waals surface area (Å²) >= 11 is 0. The maximum atomic E-state index is 12.8. The van der Waals surface area contributed by atoms with Crippen molar-refractivity contribution in [3.63, 3.8) is 0 Å². The van der Waals surface area contributed by atoms with Gasteiger partial charge in [0.1, 0.15) is 18.1 Å². The minimum absolute atomic E-state index is 0.0236. The maximum absolute atomic E-state index is 12.8. The third-order valence-electron chi connectivity index (χ3n) is 4.48. The lowest BCUT2D eigenvalue weighted by atomic mass is 9.92. The molecule has 0 saturated carbocycles. The molecular weight excluding hydrogens is 322 g/mol. The van der Waals surface area contributed by atoms with Crippen LogP contribution in [0.15, 0.2) is 83.9 Å². The molecule has 26 heavy (non-hydrogen) atoms. The lowest BCUT2D eigenvalue weighted by Gasteiger charge is -2.17. The van der Waals surface area contributed by atoms with E-state index in [0.29, 0.717) is 24.4 Å². The van der Waals surface area contributed by atoms with Crippen LogP contribution >= 0.6 is 0 Å². The second-order valence-corrected chi connectivity index (χ2v) is 6.27. The summed E-state index contributed by atoms with van der Waals surface area (Å²) in [5.74, 6) is 0.797. The topological polar surface area (TPSA) is 38.7 Å². The monoisotopic (exact) mass is 341 g/mol. The van der Waals surface area contributed by atoms with Gasteiger partial charge in [0.25, 0.3) is 0 Å². The number of nitrogens with zero attached hydrogens (tertiary/aromatic N) is 1. The molecule has 3 heteroatoms. The van der Waals surface area contributed by atoms with Crippen molar-refractivity contribution in [3.05, 3.63) is 101 Å². The average Bonchev–Trinajstić information content (AvgIpc) is 2.72. The zero-order chi connectivity index (χ0) is 17.8. The van der Waals surface area contributed by atoms with E-state index in [2.05, 4.69) is 4.99 Å². The minimum atomic E-state index is -0.0236. The van der Waals surface area contributed by atoms with Gasteiger partial charge in [0, 0.05) is 17.7 Å². The zero-order valence-corrected chi connectivity index (χ0v) is 14.4. The van der Waals surface area contributed by atoms with Crippen molar-refractivity contribution < 1.29 is 9.53 Å². The standard InChI is InChI=1S/C23H19NO2/c25-23(18-9-5-2-6-10-18)22-21-12-11-20(15-19(21)13-14-24-22)26-16-17-7-3-1-4-8-17/h1-12,15H,13-14,16H2. The van der Waals surface area contributed by atoms with Crippen LogP contribution in [0.25, 0.3) is 0 Å². The molecule has 3 aromatic carbocycles. The number of Topliss-reactive ketones (excluding diaryl/α,β-unsaturated/α-hetero) is 1. The third kappa shape index (κ3) is 3.42. The van der Waals surface area contributed by atoms with Gasteiger partial charge in [-0.05, 0) is 35.7 Å². The van der Waals surface area contributed by atoms with Crippen LogP contribution in [0.3, 0.4) is 0 Å². The lowest BCUT2D eigenvalue weighted by Crippen LogP contribution is -2.22. The molecule has 4 rings (SSSR count). The molecule has 1 heterocycles. The molecule has 0 aromatic heterocycles. The van der Waals surface area contributed by atoms with E-state index in [1.165, 1.54) is 0 Å². The van der Waals surface area contributed by atoms with Crippen LogP contribution in [0.1, 0.15) is 27.0 Å². The van der Waals surface area contributed by atoms with Gasteiger partial charge in [-0.3, -0.25) is 9.79 Å². The van der Waals surface area contributed by atoms with Crippen LogP contribution in [0, 0.1) is 0 Å². The van der Waals surface area contributed by atoms with Crippen molar-refractivity contribution >= 4 is 11.5 Å². The Morgan fingerprint density at radius 2 is 1.65 bits per heavy atom. The van der Waals surface area contributed by atoms with Crippen LogP contribution in [0.2, 0.25) is 0 Å². The van der Waals surface area contributed by atoms with Crippen molar-refractivity contribution in [2.75, 3.05) is 6.54 Å². The van der Waals surface area contributed by atoms with Gasteiger partial charge in [-0.1, -0.05) is 60.7 Å². The molecule has 0 fully saturated rings. The van der Waals surface area contributed by atoms with Gasteiger partial charge in [0.2, 0.25) is 5.78 Å². The number of benzene rings is 3. The van der Waals surface area contributed by atoms with Gasteiger partial charge in [-0.15, -0.1) is 0 Å². The average molecular weight is 341 g/mol. The first-order chi connectivity index (χ1) is 12.8. The highest BCUT2D eigenvalue weighted by Crippen LogP contribution is 2.24. The van der Waals surface area contributed by atoms with Crippen molar-refractivity contribution in [3.8, 4) is 5.75 Å². The summed E-state index contributed by atoms with van der Waals surface area (Å²) in [6.45, 7) is 1.16. The summed E-state index contributed by atoms with van der Waals surface area (Å²) in [5.41, 5.74) is 4.38. The first-order valence-corrected chi connectivity index (χ1v) is 8.75. The lowest BCUT2D eigenvalue weighted by molar-refractivity contribution is 0.106. The molecule has 0 aliphatic carbocycles. The van der Waals surface area contributed by atoms with Crippen LogP contribution in [0.5, 0.6) is 5.75 Å². The molecule has 0 unspecified atom stereocenters. The normalized spacial score (nSPS) is 12.8. The van der Waals surface area contributed by atoms with Crippen LogP contribution < -0.4 is 4.74 Å². The first-order valence-electron chi connectivity index (χ1n) is 8.75. The molecule has 0 amide bonds. The van der Waals surface area contributed by atoms with Gasteiger partial charge < -0.3 is 4.74 Å². The molecule has 1 aliphatic heterocycles. The number of rotatable bonds is 5. The molecule has 0 bridgehead atoms. The fraction of sp³-hybridized carbons (Fsp3) is 0.130. The number of carbonyl (C=O) groups excluding carboxylic acids is 1. The highest BCUT2D eigenvalue weighted by atomic mass is 16.5. The molecule has 128 valence electrons. The Hall–Kier alpha value is -3.20. The van der Waals surface area contributed by atoms with Crippen molar-refractivity contribution in [1.29, 1.82) is 0 Å². The summed E-state index contributed by atoms with van der Waals surface area (Å²) < 4.78 is 5.91. The van der Waals surface area contributed by atoms with E-state index in [1.54, 1.807) is 0 Å². The third-order valence-corrected chi connectivity index (χ3v) is 4.48. The SMILES string of the molecule is O=C(C1=NCCc2cc(OCc3ccccc3)ccc21)c1ccccc1. The molecule has 3 nitrogen and oxygen atoms in total. The number of hydrogen-bond donors (Lipinski definition) is 0. The quantitative estimate of drug-likeness (QED) is 0.641. The predicted molar refractivity (Wildman–Crippen MR) is 103 cm³/mol. The molecule has 0 saturated heterocycles. The van der Waals surface area contributed by atoms with E-state index in [0.717, 1.165) is 28.9 Å². The number of ether oxygens (including phenoxy) is 1. The van der Waals surface area contributed by atoms with E-state index in [9.17, 15) is 4.79 Å². The van der Waals surface area contributed by atoms with Crippen molar-refractivity contribution in [2.24, 2.45) is 4.99 Å². The van der Waals surface area contributed by atoms with Gasteiger partial charge in [-0.25, -0.2) is 0 Å². The molecule has 0 spiro atoms. The molecule has 1 aliphatic rings. The summed E-state index contributed by atoms with van der Waals surface area (Å²) in [7, 11) is 0. The minimum Gasteiger partial charge on any atom is -0.489 e. The zero-order valence-electron chi connectivity index (χ0n) is 14.4.